The third kappa shape index (κ3) is 12.4. The highest BCUT2D eigenvalue weighted by Crippen LogP contribution is 2.37. The smallest absolute Gasteiger partial charge is 0.322 e. The quantitative estimate of drug-likeness (QED) is 0.0452. The highest BCUT2D eigenvalue weighted by atomic mass is 19.2. The molecule has 3 saturated heterocycles. The molecular weight excluding hydrogens is 1200 g/mol. The molecule has 12 amide bonds. The largest absolute Gasteiger partial charge is 0.505 e. The lowest BCUT2D eigenvalue weighted by Crippen LogP contribution is -2.52. The molecule has 7 aromatic rings. The number of carbonyl (C=O) groups is 9. The number of halogens is 7. The highest BCUT2D eigenvalue weighted by Gasteiger charge is 2.53. The number of fused-ring (bicyclic) bond motifs is 3. The van der Waals surface area contributed by atoms with E-state index in [4.69, 9.17) is 4.74 Å². The lowest BCUT2D eigenvalue weighted by molar-refractivity contribution is -0.125. The molecule has 7 aromatic carbocycles. The molecule has 0 spiro atoms. The Morgan fingerprint density at radius 1 is 0.407 bits per heavy atom. The van der Waals surface area contributed by atoms with Gasteiger partial charge in [0.25, 0.3) is 35.4 Å². The average molecular weight is 1260 g/mol. The van der Waals surface area contributed by atoms with Crippen LogP contribution in [0.3, 0.4) is 0 Å². The minimum absolute atomic E-state index is 0. The van der Waals surface area contributed by atoms with Crippen molar-refractivity contribution < 1.29 is 83.7 Å². The van der Waals surface area contributed by atoms with Gasteiger partial charge in [-0.05, 0) is 112 Å². The van der Waals surface area contributed by atoms with Crippen LogP contribution in [0.4, 0.5) is 45.1 Å². The first-order valence-corrected chi connectivity index (χ1v) is 26.5. The van der Waals surface area contributed by atoms with Crippen molar-refractivity contribution in [2.45, 2.75) is 65.1 Å². The number of nitrogens with one attached hydrogen (secondary N) is 6. The summed E-state index contributed by atoms with van der Waals surface area (Å²) in [5.74, 6) is -9.64. The molecule has 13 rings (SSSR count). The van der Waals surface area contributed by atoms with Crippen LogP contribution in [0.25, 0.3) is 0 Å². The van der Waals surface area contributed by atoms with Crippen LogP contribution in [0.2, 0.25) is 0 Å². The number of carbonyl (C=O) groups excluding carboxylic acids is 9. The number of imide groups is 3. The maximum atomic E-state index is 14.7. The van der Waals surface area contributed by atoms with Crippen molar-refractivity contribution in [1.29, 1.82) is 0 Å². The Balaban J connectivity index is 0.000000175. The monoisotopic (exact) mass is 1260 g/mol. The summed E-state index contributed by atoms with van der Waals surface area (Å²) in [4.78, 5) is 115. The SMILES string of the molecule is C.C.C.O=C1NC(=O)C(CN2Cc3cc(F)c(F)cc3C2=O)(c2ccc(F)cc2)N1.O=C1NC(=O)C(CN2Cc3cc(O)c(F)cc3C2=O)(c2ccc(F)cc2)N1.O=C1NC(=O)C(CN2Cc3cc(OCc4ccccc4)c(F)cc3C2=O)(c2ccc(F)cc2)N1. The number of rotatable bonds is 12. The standard InChI is InChI=1S/C25H19F2N3O4.C18H12F3N3O3.C18H13F2N3O4.3CH4/c26-18-8-6-17(7-9-18)25(23(32)28-24(33)29-25)14-30-12-16-10-21(20(27)11-19(16)22(30)31)34-13-15-4-2-1-3-5-15;19-11-3-1-10(2-4-11)18(16(26)22-17(27)23-18)8-24-7-9-5-13(20)14(21)6-12(9)15(24)25;19-11-3-1-10(2-4-11)18(16(26)21-17(27)22-18)8-23-7-9-5-14(24)13(20)6-12(9)15(23)25;;;/h1-11H,12-14H2,(H2,28,29,32,33);1-6H,7-8H2,(H2,22,23,26,27);1-6,24H,7-8H2,(H2,21,22,26,27);3*1H4. The second-order valence-electron chi connectivity index (χ2n) is 21.0. The van der Waals surface area contributed by atoms with Gasteiger partial charge in [-0.3, -0.25) is 44.7 Å². The van der Waals surface area contributed by atoms with Crippen molar-refractivity contribution in [3.8, 4) is 11.5 Å². The van der Waals surface area contributed by atoms with Gasteiger partial charge in [-0.25, -0.2) is 45.1 Å². The van der Waals surface area contributed by atoms with E-state index in [9.17, 15) is 79.0 Å². The van der Waals surface area contributed by atoms with E-state index in [1.54, 1.807) is 0 Å². The van der Waals surface area contributed by atoms with Crippen LogP contribution in [0, 0.1) is 40.7 Å². The predicted octanol–water partition coefficient (Wildman–Crippen LogP) is 8.30. The Labute approximate surface area is 514 Å². The van der Waals surface area contributed by atoms with Gasteiger partial charge in [0.1, 0.15) is 24.1 Å². The number of nitrogens with zero attached hydrogens (tertiary/aromatic N) is 3. The number of amides is 12. The molecule has 0 aliphatic carbocycles. The molecule has 7 N–H and O–H groups in total. The van der Waals surface area contributed by atoms with Crippen molar-refractivity contribution in [1.82, 2.24) is 46.6 Å². The van der Waals surface area contributed by atoms with Gasteiger partial charge in [-0.2, -0.15) is 0 Å². The van der Waals surface area contributed by atoms with Crippen LogP contribution >= 0.6 is 0 Å². The van der Waals surface area contributed by atoms with Gasteiger partial charge in [0.2, 0.25) is 0 Å². The average Bonchev–Trinajstić information content (AvgIpc) is 1.67. The molecule has 0 radical (unpaired) electrons. The fourth-order valence-electron chi connectivity index (χ4n) is 11.1. The summed E-state index contributed by atoms with van der Waals surface area (Å²) in [6.07, 6.45) is 0. The molecule has 3 fully saturated rings. The molecule has 91 heavy (non-hydrogen) atoms. The molecular formula is C64H56F7N9O11. The van der Waals surface area contributed by atoms with Crippen molar-refractivity contribution in [2.75, 3.05) is 19.6 Å². The molecule has 0 saturated carbocycles. The molecule has 0 aromatic heterocycles. The normalized spacial score (nSPS) is 19.8. The Bertz CT molecular complexity index is 3950. The first-order chi connectivity index (χ1) is 41.9. The Morgan fingerprint density at radius 3 is 1.10 bits per heavy atom. The van der Waals surface area contributed by atoms with E-state index in [0.29, 0.717) is 22.3 Å². The second kappa shape index (κ2) is 25.5. The minimum Gasteiger partial charge on any atom is -0.505 e. The van der Waals surface area contributed by atoms with Crippen molar-refractivity contribution >= 4 is 53.5 Å². The molecule has 20 nitrogen and oxygen atoms in total. The third-order valence-electron chi connectivity index (χ3n) is 15.5. The summed E-state index contributed by atoms with van der Waals surface area (Å²) in [5.41, 5.74) is -1.66. The van der Waals surface area contributed by atoms with Crippen molar-refractivity contribution in [3.63, 3.8) is 0 Å². The van der Waals surface area contributed by atoms with Crippen LogP contribution in [0.1, 0.15) is 92.3 Å². The first-order valence-electron chi connectivity index (χ1n) is 26.5. The third-order valence-corrected chi connectivity index (χ3v) is 15.5. The first kappa shape index (κ1) is 65.8. The van der Waals surface area contributed by atoms with Crippen LogP contribution in [-0.2, 0) is 57.2 Å². The Morgan fingerprint density at radius 2 is 0.736 bits per heavy atom. The Kier molecular flexibility index (Phi) is 18.5. The zero-order valence-corrected chi connectivity index (χ0v) is 45.2. The summed E-state index contributed by atoms with van der Waals surface area (Å²) >= 11 is 0. The van der Waals surface area contributed by atoms with Crippen LogP contribution in [0.5, 0.6) is 11.5 Å². The predicted molar refractivity (Wildman–Crippen MR) is 310 cm³/mol. The lowest BCUT2D eigenvalue weighted by atomic mass is 9.89. The zero-order valence-electron chi connectivity index (χ0n) is 45.2. The van der Waals surface area contributed by atoms with Gasteiger partial charge in [-0.1, -0.05) is 89.0 Å². The number of urea groups is 3. The van der Waals surface area contributed by atoms with Gasteiger partial charge in [0.15, 0.2) is 51.4 Å². The highest BCUT2D eigenvalue weighted by molar-refractivity contribution is 6.10. The van der Waals surface area contributed by atoms with Gasteiger partial charge >= 0.3 is 18.1 Å². The van der Waals surface area contributed by atoms with Crippen LogP contribution < -0.4 is 36.6 Å². The number of hydrogen-bond acceptors (Lipinski definition) is 11. The summed E-state index contributed by atoms with van der Waals surface area (Å²) in [6, 6.07) is 28.5. The van der Waals surface area contributed by atoms with Crippen LogP contribution in [0.15, 0.2) is 140 Å². The molecule has 3 atom stereocenters. The number of phenols is 1. The topological polar surface area (TPSA) is 265 Å². The number of benzene rings is 7. The van der Waals surface area contributed by atoms with Gasteiger partial charge in [0, 0.05) is 36.3 Å². The number of aromatic hydroxyl groups is 1. The van der Waals surface area contributed by atoms with E-state index < -0.39 is 117 Å². The summed E-state index contributed by atoms with van der Waals surface area (Å²) in [6.45, 7) is -0.535. The zero-order chi connectivity index (χ0) is 62.6. The maximum absolute atomic E-state index is 14.7. The van der Waals surface area contributed by atoms with E-state index >= 15 is 0 Å². The van der Waals surface area contributed by atoms with Crippen LogP contribution in [-0.4, -0.2) is 93.0 Å². The van der Waals surface area contributed by atoms with Gasteiger partial charge in [0.05, 0.1) is 19.6 Å². The lowest BCUT2D eigenvalue weighted by Gasteiger charge is -2.31. The van der Waals surface area contributed by atoms with Crippen molar-refractivity contribution in [3.05, 3.63) is 236 Å². The van der Waals surface area contributed by atoms with E-state index in [2.05, 4.69) is 31.9 Å². The molecule has 472 valence electrons. The minimum atomic E-state index is -1.64. The van der Waals surface area contributed by atoms with E-state index in [-0.39, 0.29) is 102 Å². The summed E-state index contributed by atoms with van der Waals surface area (Å²) in [5, 5.41) is 23.5. The molecule has 3 unspecified atom stereocenters. The Hall–Kier alpha value is -11.1. The second-order valence-corrected chi connectivity index (χ2v) is 21.0. The maximum Gasteiger partial charge on any atom is 0.322 e. The molecule has 6 heterocycles. The molecule has 27 heteroatoms. The number of hydrogen-bond donors (Lipinski definition) is 7. The van der Waals surface area contributed by atoms with E-state index in [0.717, 1.165) is 60.2 Å². The van der Waals surface area contributed by atoms with Gasteiger partial charge in [-0.15, -0.1) is 0 Å². The summed E-state index contributed by atoms with van der Waals surface area (Å²) < 4.78 is 101. The number of phenolic OH excluding ortho intramolecular Hbond substituents is 1. The van der Waals surface area contributed by atoms with Gasteiger partial charge < -0.3 is 40.5 Å². The van der Waals surface area contributed by atoms with E-state index in [1.165, 1.54) is 69.3 Å². The van der Waals surface area contributed by atoms with E-state index in [1.807, 2.05) is 30.3 Å². The van der Waals surface area contributed by atoms with Crippen molar-refractivity contribution in [2.24, 2.45) is 0 Å². The molecule has 0 bridgehead atoms. The number of ether oxygens (including phenoxy) is 1. The molecule has 6 aliphatic heterocycles. The summed E-state index contributed by atoms with van der Waals surface area (Å²) in [7, 11) is 0. The fourth-order valence-corrected chi connectivity index (χ4v) is 11.1. The fraction of sp³-hybridized carbons (Fsp3) is 0.203. The molecule has 6 aliphatic rings.